The molecule has 2 rings (SSSR count). The van der Waals surface area contributed by atoms with Gasteiger partial charge in [-0.2, -0.15) is 0 Å². The van der Waals surface area contributed by atoms with Gasteiger partial charge in [0, 0.05) is 6.04 Å². The standard InChI is InChI=1S/C17H27N3O2/c1-17(2,3)22-16(21)20-15-11-7-6-10-14(15)19-13-9-5-4-8-12(13)18/h4-5,8-9,14-15,19H,6-7,10-11,18H2,1-3H3,(H,20,21)/t14-,15-/m1/s1. The van der Waals surface area contributed by atoms with Crippen molar-refractivity contribution in [3.05, 3.63) is 24.3 Å². The fourth-order valence-corrected chi connectivity index (χ4v) is 2.76. The quantitative estimate of drug-likeness (QED) is 0.747. The highest BCUT2D eigenvalue weighted by atomic mass is 16.6. The molecule has 0 bridgehead atoms. The van der Waals surface area contributed by atoms with Crippen LogP contribution in [0.4, 0.5) is 16.2 Å². The number of nitrogens with one attached hydrogen (secondary N) is 2. The Bertz CT molecular complexity index is 511. The Kier molecular flexibility index (Phi) is 5.16. The topological polar surface area (TPSA) is 76.4 Å². The molecular weight excluding hydrogens is 278 g/mol. The minimum absolute atomic E-state index is 0.0585. The van der Waals surface area contributed by atoms with Gasteiger partial charge in [0.05, 0.1) is 17.4 Å². The normalized spacial score (nSPS) is 22.0. The van der Waals surface area contributed by atoms with Gasteiger partial charge in [-0.1, -0.05) is 25.0 Å². The second-order valence-electron chi connectivity index (χ2n) is 6.88. The Labute approximate surface area is 132 Å². The van der Waals surface area contributed by atoms with Crippen molar-refractivity contribution in [3.63, 3.8) is 0 Å². The van der Waals surface area contributed by atoms with Gasteiger partial charge < -0.3 is 21.1 Å². The molecule has 5 heteroatoms. The van der Waals surface area contributed by atoms with Crippen LogP contribution in [0, 0.1) is 0 Å². The van der Waals surface area contributed by atoms with Gasteiger partial charge in [-0.15, -0.1) is 0 Å². The lowest BCUT2D eigenvalue weighted by atomic mass is 9.90. The number of hydrogen-bond donors (Lipinski definition) is 3. The Morgan fingerprint density at radius 2 is 1.82 bits per heavy atom. The lowest BCUT2D eigenvalue weighted by Crippen LogP contribution is -2.49. The molecule has 0 aliphatic heterocycles. The van der Waals surface area contributed by atoms with Crippen LogP contribution in [0.5, 0.6) is 0 Å². The number of alkyl carbamates (subject to hydrolysis) is 1. The minimum atomic E-state index is -0.481. The smallest absolute Gasteiger partial charge is 0.407 e. The zero-order chi connectivity index (χ0) is 16.2. The molecule has 1 aliphatic rings. The first-order chi connectivity index (χ1) is 10.3. The number of carbonyl (C=O) groups excluding carboxylic acids is 1. The van der Waals surface area contributed by atoms with E-state index in [9.17, 15) is 4.79 Å². The van der Waals surface area contributed by atoms with Crippen LogP contribution in [0.15, 0.2) is 24.3 Å². The molecule has 22 heavy (non-hydrogen) atoms. The van der Waals surface area contributed by atoms with Crippen molar-refractivity contribution in [3.8, 4) is 0 Å². The van der Waals surface area contributed by atoms with Gasteiger partial charge in [0.1, 0.15) is 5.60 Å². The molecule has 1 aliphatic carbocycles. The van der Waals surface area contributed by atoms with Crippen LogP contribution in [-0.2, 0) is 4.74 Å². The van der Waals surface area contributed by atoms with Crippen LogP contribution in [0.1, 0.15) is 46.5 Å². The average molecular weight is 305 g/mol. The summed E-state index contributed by atoms with van der Waals surface area (Å²) in [7, 11) is 0. The van der Waals surface area contributed by atoms with Crippen LogP contribution < -0.4 is 16.4 Å². The molecule has 1 saturated carbocycles. The van der Waals surface area contributed by atoms with Gasteiger partial charge in [-0.05, 0) is 45.7 Å². The summed E-state index contributed by atoms with van der Waals surface area (Å²) in [5, 5.41) is 6.47. The number of carbonyl (C=O) groups is 1. The number of anilines is 2. The number of rotatable bonds is 3. The van der Waals surface area contributed by atoms with Gasteiger partial charge >= 0.3 is 6.09 Å². The van der Waals surface area contributed by atoms with Crippen molar-refractivity contribution in [2.45, 2.75) is 64.1 Å². The molecule has 1 amide bonds. The molecule has 2 atom stereocenters. The first-order valence-electron chi connectivity index (χ1n) is 7.96. The molecule has 0 spiro atoms. The van der Waals surface area contributed by atoms with Crippen molar-refractivity contribution in [2.24, 2.45) is 0 Å². The van der Waals surface area contributed by atoms with Gasteiger partial charge in [-0.25, -0.2) is 4.79 Å². The van der Waals surface area contributed by atoms with Crippen molar-refractivity contribution in [1.29, 1.82) is 0 Å². The first-order valence-corrected chi connectivity index (χ1v) is 7.96. The lowest BCUT2D eigenvalue weighted by Gasteiger charge is -2.34. The molecule has 122 valence electrons. The van der Waals surface area contributed by atoms with Crippen molar-refractivity contribution in [2.75, 3.05) is 11.1 Å². The van der Waals surface area contributed by atoms with E-state index in [0.29, 0.717) is 0 Å². The summed E-state index contributed by atoms with van der Waals surface area (Å²) >= 11 is 0. The number of nitrogen functional groups attached to an aromatic ring is 1. The molecule has 1 aromatic carbocycles. The van der Waals surface area contributed by atoms with E-state index in [0.717, 1.165) is 37.1 Å². The number of benzene rings is 1. The molecule has 0 saturated heterocycles. The van der Waals surface area contributed by atoms with E-state index in [2.05, 4.69) is 10.6 Å². The van der Waals surface area contributed by atoms with Crippen LogP contribution in [0.3, 0.4) is 0 Å². The van der Waals surface area contributed by atoms with Gasteiger partial charge in [-0.3, -0.25) is 0 Å². The largest absolute Gasteiger partial charge is 0.444 e. The first kappa shape index (κ1) is 16.5. The van der Waals surface area contributed by atoms with Crippen LogP contribution in [0.25, 0.3) is 0 Å². The Morgan fingerprint density at radius 3 is 2.45 bits per heavy atom. The maximum absolute atomic E-state index is 12.0. The SMILES string of the molecule is CC(C)(C)OC(=O)N[C@@H]1CCCC[C@H]1Nc1ccccc1N. The summed E-state index contributed by atoms with van der Waals surface area (Å²) in [6, 6.07) is 7.94. The maximum atomic E-state index is 12.0. The van der Waals surface area contributed by atoms with E-state index in [1.54, 1.807) is 0 Å². The van der Waals surface area contributed by atoms with Crippen molar-refractivity contribution >= 4 is 17.5 Å². The number of para-hydroxylation sites is 2. The molecule has 1 fully saturated rings. The van der Waals surface area contributed by atoms with Gasteiger partial charge in [0.25, 0.3) is 0 Å². The van der Waals surface area contributed by atoms with Crippen molar-refractivity contribution in [1.82, 2.24) is 5.32 Å². The van der Waals surface area contributed by atoms with Gasteiger partial charge in [0.15, 0.2) is 0 Å². The zero-order valence-electron chi connectivity index (χ0n) is 13.7. The molecular formula is C17H27N3O2. The zero-order valence-corrected chi connectivity index (χ0v) is 13.7. The summed E-state index contributed by atoms with van der Waals surface area (Å²) in [6.45, 7) is 5.61. The highest BCUT2D eigenvalue weighted by Gasteiger charge is 2.28. The van der Waals surface area contributed by atoms with E-state index in [1.807, 2.05) is 45.0 Å². The summed E-state index contributed by atoms with van der Waals surface area (Å²) < 4.78 is 5.36. The lowest BCUT2D eigenvalue weighted by molar-refractivity contribution is 0.0488. The Balaban J connectivity index is 1.99. The molecule has 1 aromatic rings. The number of hydrogen-bond acceptors (Lipinski definition) is 4. The van der Waals surface area contributed by atoms with E-state index in [-0.39, 0.29) is 18.2 Å². The van der Waals surface area contributed by atoms with Crippen molar-refractivity contribution < 1.29 is 9.53 Å². The summed E-state index contributed by atoms with van der Waals surface area (Å²) in [5.41, 5.74) is 7.16. The number of ether oxygens (including phenoxy) is 1. The highest BCUT2D eigenvalue weighted by Crippen LogP contribution is 2.25. The predicted molar refractivity (Wildman–Crippen MR) is 89.9 cm³/mol. The highest BCUT2D eigenvalue weighted by molar-refractivity contribution is 5.69. The third kappa shape index (κ3) is 4.83. The molecule has 5 nitrogen and oxygen atoms in total. The Morgan fingerprint density at radius 1 is 1.18 bits per heavy atom. The second-order valence-corrected chi connectivity index (χ2v) is 6.88. The molecule has 0 aromatic heterocycles. The summed E-state index contributed by atoms with van der Waals surface area (Å²) in [5.74, 6) is 0. The maximum Gasteiger partial charge on any atom is 0.407 e. The number of nitrogens with two attached hydrogens (primary N) is 1. The minimum Gasteiger partial charge on any atom is -0.444 e. The van der Waals surface area contributed by atoms with Gasteiger partial charge in [0.2, 0.25) is 0 Å². The fourth-order valence-electron chi connectivity index (χ4n) is 2.76. The van der Waals surface area contributed by atoms with E-state index in [4.69, 9.17) is 10.5 Å². The van der Waals surface area contributed by atoms with E-state index < -0.39 is 5.60 Å². The monoisotopic (exact) mass is 305 g/mol. The molecule has 0 radical (unpaired) electrons. The molecule has 4 N–H and O–H groups in total. The molecule has 0 heterocycles. The van der Waals surface area contributed by atoms with Crippen LogP contribution >= 0.6 is 0 Å². The van der Waals surface area contributed by atoms with Crippen LogP contribution in [0.2, 0.25) is 0 Å². The van der Waals surface area contributed by atoms with Crippen LogP contribution in [-0.4, -0.2) is 23.8 Å². The Hall–Kier alpha value is -1.91. The average Bonchev–Trinajstić information content (AvgIpc) is 2.41. The summed E-state index contributed by atoms with van der Waals surface area (Å²) in [6.07, 6.45) is 3.87. The summed E-state index contributed by atoms with van der Waals surface area (Å²) in [4.78, 5) is 12.0. The van der Waals surface area contributed by atoms with E-state index >= 15 is 0 Å². The third-order valence-corrected chi connectivity index (χ3v) is 3.77. The number of amides is 1. The van der Waals surface area contributed by atoms with E-state index in [1.165, 1.54) is 0 Å². The molecule has 0 unspecified atom stereocenters. The predicted octanol–water partition coefficient (Wildman–Crippen LogP) is 3.52. The second kappa shape index (κ2) is 6.90. The fraction of sp³-hybridized carbons (Fsp3) is 0.588. The third-order valence-electron chi connectivity index (χ3n) is 3.77.